The highest BCUT2D eigenvalue weighted by atomic mass is 16.6. The van der Waals surface area contributed by atoms with Crippen LogP contribution in [-0.4, -0.2) is 49.3 Å². The fraction of sp³-hybridized carbons (Fsp3) is 0.429. The smallest absolute Gasteiger partial charge is 0.435 e. The molecule has 0 spiro atoms. The molecule has 8 heteroatoms. The van der Waals surface area contributed by atoms with Crippen molar-refractivity contribution in [2.24, 2.45) is 0 Å². The number of aryl methyl sites for hydroxylation is 1. The van der Waals surface area contributed by atoms with Crippen molar-refractivity contribution in [2.45, 2.75) is 46.6 Å². The molecular weight excluding hydrogens is 370 g/mol. The van der Waals surface area contributed by atoms with Gasteiger partial charge < -0.3 is 9.47 Å². The van der Waals surface area contributed by atoms with Gasteiger partial charge in [-0.05, 0) is 52.7 Å². The number of hydrogen-bond acceptors (Lipinski definition) is 6. The zero-order valence-electron chi connectivity index (χ0n) is 17.4. The molecule has 0 aromatic carbocycles. The van der Waals surface area contributed by atoms with Gasteiger partial charge in [-0.15, -0.1) is 0 Å². The van der Waals surface area contributed by atoms with Gasteiger partial charge in [-0.1, -0.05) is 6.08 Å². The van der Waals surface area contributed by atoms with Crippen LogP contribution in [0.2, 0.25) is 0 Å². The van der Waals surface area contributed by atoms with Crippen molar-refractivity contribution in [3.05, 3.63) is 41.5 Å². The van der Waals surface area contributed by atoms with E-state index in [1.165, 1.54) is 4.68 Å². The third-order valence-electron chi connectivity index (χ3n) is 4.77. The number of ether oxygens (including phenoxy) is 2. The SMILES string of the molecule is Cc1nn(C(=O)OC(C)(C)C)c(C)c1-c1cc(C2=CCOCC2)nc2ccnn12. The first-order valence-corrected chi connectivity index (χ1v) is 9.66. The Morgan fingerprint density at radius 2 is 2.07 bits per heavy atom. The van der Waals surface area contributed by atoms with Crippen LogP contribution in [-0.2, 0) is 9.47 Å². The molecule has 0 N–H and O–H groups in total. The summed E-state index contributed by atoms with van der Waals surface area (Å²) in [5.74, 6) is 0. The van der Waals surface area contributed by atoms with Gasteiger partial charge in [0.15, 0.2) is 5.65 Å². The topological polar surface area (TPSA) is 83.5 Å². The van der Waals surface area contributed by atoms with Crippen LogP contribution in [0, 0.1) is 13.8 Å². The first-order chi connectivity index (χ1) is 13.7. The summed E-state index contributed by atoms with van der Waals surface area (Å²) in [5, 5.41) is 8.88. The van der Waals surface area contributed by atoms with E-state index in [0.29, 0.717) is 18.9 Å². The summed E-state index contributed by atoms with van der Waals surface area (Å²) in [4.78, 5) is 17.4. The van der Waals surface area contributed by atoms with Crippen LogP contribution in [0.1, 0.15) is 44.3 Å². The molecule has 8 nitrogen and oxygen atoms in total. The number of aromatic nitrogens is 5. The number of carbonyl (C=O) groups excluding carboxylic acids is 1. The quantitative estimate of drug-likeness (QED) is 0.656. The molecule has 4 heterocycles. The van der Waals surface area contributed by atoms with E-state index in [0.717, 1.165) is 40.3 Å². The highest BCUT2D eigenvalue weighted by Gasteiger charge is 2.25. The maximum Gasteiger partial charge on any atom is 0.435 e. The number of hydrogen-bond donors (Lipinski definition) is 0. The minimum Gasteiger partial charge on any atom is -0.442 e. The maximum atomic E-state index is 12.6. The normalized spacial score (nSPS) is 14.9. The van der Waals surface area contributed by atoms with Gasteiger partial charge in [0.1, 0.15) is 5.60 Å². The Labute approximate surface area is 169 Å². The van der Waals surface area contributed by atoms with Gasteiger partial charge in [-0.3, -0.25) is 0 Å². The lowest BCUT2D eigenvalue weighted by Crippen LogP contribution is -2.28. The van der Waals surface area contributed by atoms with Crippen molar-refractivity contribution >= 4 is 17.3 Å². The van der Waals surface area contributed by atoms with Gasteiger partial charge in [0.2, 0.25) is 0 Å². The van der Waals surface area contributed by atoms with Crippen molar-refractivity contribution in [1.29, 1.82) is 0 Å². The summed E-state index contributed by atoms with van der Waals surface area (Å²) >= 11 is 0. The average Bonchev–Trinajstić information content (AvgIpc) is 3.24. The highest BCUT2D eigenvalue weighted by molar-refractivity contribution is 5.78. The van der Waals surface area contributed by atoms with Gasteiger partial charge in [-0.25, -0.2) is 14.3 Å². The highest BCUT2D eigenvalue weighted by Crippen LogP contribution is 2.31. The van der Waals surface area contributed by atoms with E-state index in [-0.39, 0.29) is 0 Å². The Balaban J connectivity index is 1.86. The third-order valence-corrected chi connectivity index (χ3v) is 4.77. The Bertz CT molecular complexity index is 1120. The standard InChI is InChI=1S/C21H25N5O3/c1-13-19(14(2)25(24-13)20(27)29-21(3,4)5)17-12-16(15-7-10-28-11-8-15)23-18-6-9-22-26(17)18/h6-7,9,12H,8,10-11H2,1-5H3. The first kappa shape index (κ1) is 19.3. The number of nitrogens with zero attached hydrogens (tertiary/aromatic N) is 5. The molecule has 4 rings (SSSR count). The minimum atomic E-state index is -0.599. The van der Waals surface area contributed by atoms with Crippen molar-refractivity contribution in [3.8, 4) is 11.3 Å². The molecular formula is C21H25N5O3. The Kier molecular flexibility index (Phi) is 4.74. The second kappa shape index (κ2) is 7.11. The lowest BCUT2D eigenvalue weighted by molar-refractivity contribution is 0.0510. The molecule has 0 fully saturated rings. The van der Waals surface area contributed by atoms with Crippen LogP contribution in [0.15, 0.2) is 24.4 Å². The van der Waals surface area contributed by atoms with Crippen molar-refractivity contribution in [2.75, 3.05) is 13.2 Å². The summed E-state index contributed by atoms with van der Waals surface area (Å²) in [6.07, 6.45) is 4.09. The zero-order valence-corrected chi connectivity index (χ0v) is 17.4. The molecule has 0 unspecified atom stereocenters. The molecule has 0 radical (unpaired) electrons. The van der Waals surface area contributed by atoms with Crippen LogP contribution in [0.3, 0.4) is 0 Å². The zero-order chi connectivity index (χ0) is 20.8. The van der Waals surface area contributed by atoms with E-state index in [1.807, 2.05) is 46.8 Å². The van der Waals surface area contributed by atoms with Crippen LogP contribution in [0.25, 0.3) is 22.5 Å². The number of fused-ring (bicyclic) bond motifs is 1. The summed E-state index contributed by atoms with van der Waals surface area (Å²) in [5.41, 5.74) is 5.30. The molecule has 0 amide bonds. The van der Waals surface area contributed by atoms with Crippen LogP contribution in [0.5, 0.6) is 0 Å². The lowest BCUT2D eigenvalue weighted by atomic mass is 10.0. The van der Waals surface area contributed by atoms with Gasteiger partial charge in [0, 0.05) is 11.6 Å². The molecule has 0 saturated carbocycles. The fourth-order valence-electron chi connectivity index (χ4n) is 3.51. The molecule has 3 aromatic rings. The van der Waals surface area contributed by atoms with Gasteiger partial charge in [0.05, 0.1) is 42.2 Å². The first-order valence-electron chi connectivity index (χ1n) is 9.66. The summed E-state index contributed by atoms with van der Waals surface area (Å²) in [7, 11) is 0. The fourth-order valence-corrected chi connectivity index (χ4v) is 3.51. The van der Waals surface area contributed by atoms with Crippen LogP contribution in [0.4, 0.5) is 4.79 Å². The van der Waals surface area contributed by atoms with Gasteiger partial charge in [0.25, 0.3) is 0 Å². The lowest BCUT2D eigenvalue weighted by Gasteiger charge is -2.19. The average molecular weight is 395 g/mol. The summed E-state index contributed by atoms with van der Waals surface area (Å²) in [6.45, 7) is 10.5. The minimum absolute atomic E-state index is 0.498. The molecule has 152 valence electrons. The molecule has 0 atom stereocenters. The Morgan fingerprint density at radius 3 is 2.76 bits per heavy atom. The monoisotopic (exact) mass is 395 g/mol. The molecule has 0 bridgehead atoms. The Hall–Kier alpha value is -3.00. The summed E-state index contributed by atoms with van der Waals surface area (Å²) < 4.78 is 14.0. The predicted octanol–water partition coefficient (Wildman–Crippen LogP) is 3.80. The molecule has 1 aliphatic heterocycles. The Morgan fingerprint density at radius 1 is 1.28 bits per heavy atom. The van der Waals surface area contributed by atoms with E-state index in [9.17, 15) is 4.79 Å². The molecule has 3 aromatic heterocycles. The van der Waals surface area contributed by atoms with E-state index in [4.69, 9.17) is 14.5 Å². The number of carbonyl (C=O) groups is 1. The maximum absolute atomic E-state index is 12.6. The predicted molar refractivity (Wildman–Crippen MR) is 109 cm³/mol. The van der Waals surface area contributed by atoms with Crippen molar-refractivity contribution < 1.29 is 14.3 Å². The third kappa shape index (κ3) is 3.67. The number of rotatable bonds is 2. The van der Waals surface area contributed by atoms with Crippen molar-refractivity contribution in [1.82, 2.24) is 24.4 Å². The molecule has 1 aliphatic rings. The van der Waals surface area contributed by atoms with Gasteiger partial charge >= 0.3 is 6.09 Å². The van der Waals surface area contributed by atoms with E-state index in [1.54, 1.807) is 10.7 Å². The molecule has 0 saturated heterocycles. The molecule has 0 aliphatic carbocycles. The van der Waals surface area contributed by atoms with E-state index >= 15 is 0 Å². The van der Waals surface area contributed by atoms with Crippen LogP contribution < -0.4 is 0 Å². The second-order valence-electron chi connectivity index (χ2n) is 8.12. The summed E-state index contributed by atoms with van der Waals surface area (Å²) in [6, 6.07) is 3.88. The van der Waals surface area contributed by atoms with Crippen molar-refractivity contribution in [3.63, 3.8) is 0 Å². The van der Waals surface area contributed by atoms with Crippen LogP contribution >= 0.6 is 0 Å². The van der Waals surface area contributed by atoms with Gasteiger partial charge in [-0.2, -0.15) is 14.9 Å². The second-order valence-corrected chi connectivity index (χ2v) is 8.12. The van der Waals surface area contributed by atoms with E-state index in [2.05, 4.69) is 16.3 Å². The largest absolute Gasteiger partial charge is 0.442 e. The molecule has 29 heavy (non-hydrogen) atoms. The van der Waals surface area contributed by atoms with E-state index < -0.39 is 11.7 Å².